The first-order chi connectivity index (χ1) is 9.58. The maximum atomic E-state index is 13.6. The van der Waals surface area contributed by atoms with Gasteiger partial charge in [-0.25, -0.2) is 9.37 Å². The lowest BCUT2D eigenvalue weighted by Crippen LogP contribution is -2.18. The van der Waals surface area contributed by atoms with Crippen LogP contribution in [-0.4, -0.2) is 9.55 Å². The molecular weight excluding hydrogens is 253 g/mol. The number of nitrogens with two attached hydrogens (primary N) is 1. The molecule has 1 heterocycles. The molecule has 4 heteroatoms. The highest BCUT2D eigenvalue weighted by Crippen LogP contribution is 2.19. The number of aromatic nitrogens is 2. The van der Waals surface area contributed by atoms with Crippen molar-refractivity contribution in [3.05, 3.63) is 53.9 Å². The second-order valence-electron chi connectivity index (χ2n) is 5.59. The van der Waals surface area contributed by atoms with Crippen molar-refractivity contribution in [1.82, 2.24) is 9.55 Å². The van der Waals surface area contributed by atoms with E-state index in [9.17, 15) is 4.39 Å². The Morgan fingerprint density at radius 1 is 1.30 bits per heavy atom. The summed E-state index contributed by atoms with van der Waals surface area (Å²) in [6.07, 6.45) is 5.15. The van der Waals surface area contributed by atoms with Crippen LogP contribution >= 0.6 is 0 Å². The summed E-state index contributed by atoms with van der Waals surface area (Å²) >= 11 is 0. The van der Waals surface area contributed by atoms with Crippen LogP contribution in [0.2, 0.25) is 0 Å². The van der Waals surface area contributed by atoms with Gasteiger partial charge in [0.15, 0.2) is 0 Å². The van der Waals surface area contributed by atoms with Crippen LogP contribution in [-0.2, 0) is 13.0 Å². The highest BCUT2D eigenvalue weighted by atomic mass is 19.1. The third-order valence-corrected chi connectivity index (χ3v) is 3.43. The van der Waals surface area contributed by atoms with Gasteiger partial charge in [0.2, 0.25) is 0 Å². The third-order valence-electron chi connectivity index (χ3n) is 3.43. The fourth-order valence-electron chi connectivity index (χ4n) is 2.40. The Bertz CT molecular complexity index is 548. The molecule has 0 aliphatic heterocycles. The minimum Gasteiger partial charge on any atom is -0.333 e. The first-order valence-electron chi connectivity index (χ1n) is 7.07. The molecule has 1 atom stereocenters. The van der Waals surface area contributed by atoms with Crippen LogP contribution in [0.4, 0.5) is 4.39 Å². The van der Waals surface area contributed by atoms with Gasteiger partial charge in [-0.1, -0.05) is 32.0 Å². The number of hydrogen-bond acceptors (Lipinski definition) is 2. The van der Waals surface area contributed by atoms with E-state index in [4.69, 9.17) is 5.73 Å². The SMILES string of the molecule is CC(C)CC(N)c1cncn1CCc1ccccc1F. The van der Waals surface area contributed by atoms with E-state index in [1.807, 2.05) is 22.9 Å². The minimum absolute atomic E-state index is 0.0156. The van der Waals surface area contributed by atoms with Crippen LogP contribution in [0.1, 0.15) is 37.6 Å². The number of imidazole rings is 1. The zero-order valence-corrected chi connectivity index (χ0v) is 12.1. The topological polar surface area (TPSA) is 43.8 Å². The maximum absolute atomic E-state index is 13.6. The third kappa shape index (κ3) is 3.67. The molecule has 2 N–H and O–H groups in total. The van der Waals surface area contributed by atoms with Crippen LogP contribution in [0.15, 0.2) is 36.8 Å². The number of hydrogen-bond donors (Lipinski definition) is 1. The molecule has 1 unspecified atom stereocenters. The lowest BCUT2D eigenvalue weighted by Gasteiger charge is -2.16. The van der Waals surface area contributed by atoms with Gasteiger partial charge in [-0.15, -0.1) is 0 Å². The van der Waals surface area contributed by atoms with E-state index in [0.717, 1.165) is 17.7 Å². The second kappa shape index (κ2) is 6.66. The van der Waals surface area contributed by atoms with E-state index in [1.54, 1.807) is 12.4 Å². The van der Waals surface area contributed by atoms with Crippen molar-refractivity contribution in [1.29, 1.82) is 0 Å². The zero-order chi connectivity index (χ0) is 14.5. The number of nitrogens with zero attached hydrogens (tertiary/aromatic N) is 2. The summed E-state index contributed by atoms with van der Waals surface area (Å²) in [5.41, 5.74) is 7.95. The van der Waals surface area contributed by atoms with Gasteiger partial charge in [-0.05, 0) is 30.4 Å². The van der Waals surface area contributed by atoms with Gasteiger partial charge in [-0.3, -0.25) is 0 Å². The molecule has 0 bridgehead atoms. The molecule has 0 fully saturated rings. The predicted molar refractivity (Wildman–Crippen MR) is 78.7 cm³/mol. The molecular formula is C16H22FN3. The molecule has 1 aromatic heterocycles. The molecule has 0 radical (unpaired) electrons. The number of aryl methyl sites for hydroxylation is 2. The quantitative estimate of drug-likeness (QED) is 0.879. The molecule has 108 valence electrons. The highest BCUT2D eigenvalue weighted by molar-refractivity contribution is 5.17. The Morgan fingerprint density at radius 3 is 2.75 bits per heavy atom. The van der Waals surface area contributed by atoms with Crippen molar-refractivity contribution in [2.75, 3.05) is 0 Å². The van der Waals surface area contributed by atoms with E-state index < -0.39 is 0 Å². The van der Waals surface area contributed by atoms with Gasteiger partial charge >= 0.3 is 0 Å². The van der Waals surface area contributed by atoms with E-state index in [1.165, 1.54) is 6.07 Å². The Balaban J connectivity index is 2.04. The Morgan fingerprint density at radius 2 is 2.05 bits per heavy atom. The number of benzene rings is 1. The molecule has 0 saturated carbocycles. The van der Waals surface area contributed by atoms with Crippen LogP contribution in [0.3, 0.4) is 0 Å². The maximum Gasteiger partial charge on any atom is 0.126 e. The van der Waals surface area contributed by atoms with Crippen LogP contribution in [0.25, 0.3) is 0 Å². The van der Waals surface area contributed by atoms with Crippen molar-refractivity contribution >= 4 is 0 Å². The van der Waals surface area contributed by atoms with Crippen LogP contribution in [0.5, 0.6) is 0 Å². The molecule has 20 heavy (non-hydrogen) atoms. The molecule has 0 spiro atoms. The van der Waals surface area contributed by atoms with Gasteiger partial charge in [0.25, 0.3) is 0 Å². The van der Waals surface area contributed by atoms with Crippen molar-refractivity contribution in [3.8, 4) is 0 Å². The number of rotatable bonds is 6. The predicted octanol–water partition coefficient (Wildman–Crippen LogP) is 3.31. The van der Waals surface area contributed by atoms with E-state index >= 15 is 0 Å². The standard InChI is InChI=1S/C16H22FN3/c1-12(2)9-15(18)16-10-19-11-20(16)8-7-13-5-3-4-6-14(13)17/h3-6,10-12,15H,7-9,18H2,1-2H3. The van der Waals surface area contributed by atoms with E-state index in [-0.39, 0.29) is 11.9 Å². The van der Waals surface area contributed by atoms with Crippen LogP contribution < -0.4 is 5.73 Å². The summed E-state index contributed by atoms with van der Waals surface area (Å²) in [7, 11) is 0. The summed E-state index contributed by atoms with van der Waals surface area (Å²) in [4.78, 5) is 4.17. The van der Waals surface area contributed by atoms with Crippen LogP contribution in [0, 0.1) is 11.7 Å². The average Bonchev–Trinajstić information content (AvgIpc) is 2.85. The summed E-state index contributed by atoms with van der Waals surface area (Å²) in [5.74, 6) is 0.389. The zero-order valence-electron chi connectivity index (χ0n) is 12.1. The smallest absolute Gasteiger partial charge is 0.126 e. The van der Waals surface area contributed by atoms with Gasteiger partial charge in [-0.2, -0.15) is 0 Å². The Hall–Kier alpha value is -1.68. The lowest BCUT2D eigenvalue weighted by atomic mass is 10.0. The Labute approximate surface area is 119 Å². The molecule has 1 aromatic carbocycles. The van der Waals surface area contributed by atoms with Crippen molar-refractivity contribution in [2.24, 2.45) is 11.7 Å². The summed E-state index contributed by atoms with van der Waals surface area (Å²) in [6.45, 7) is 5.00. The van der Waals surface area contributed by atoms with Crippen molar-refractivity contribution in [2.45, 2.75) is 39.3 Å². The molecule has 0 aliphatic carbocycles. The minimum atomic E-state index is -0.152. The largest absolute Gasteiger partial charge is 0.333 e. The first-order valence-corrected chi connectivity index (χ1v) is 7.07. The summed E-state index contributed by atoms with van der Waals surface area (Å²) in [6, 6.07) is 6.87. The van der Waals surface area contributed by atoms with Gasteiger partial charge < -0.3 is 10.3 Å². The molecule has 0 aliphatic rings. The van der Waals surface area contributed by atoms with Gasteiger partial charge in [0, 0.05) is 18.8 Å². The highest BCUT2D eigenvalue weighted by Gasteiger charge is 2.13. The van der Waals surface area contributed by atoms with Gasteiger partial charge in [0.1, 0.15) is 5.82 Å². The van der Waals surface area contributed by atoms with E-state index in [2.05, 4.69) is 18.8 Å². The van der Waals surface area contributed by atoms with E-state index in [0.29, 0.717) is 18.9 Å². The fraction of sp³-hybridized carbons (Fsp3) is 0.438. The monoisotopic (exact) mass is 275 g/mol. The van der Waals surface area contributed by atoms with Crippen molar-refractivity contribution in [3.63, 3.8) is 0 Å². The molecule has 2 aromatic rings. The normalized spacial score (nSPS) is 12.8. The Kier molecular flexibility index (Phi) is 4.90. The molecule has 0 amide bonds. The van der Waals surface area contributed by atoms with Gasteiger partial charge in [0.05, 0.1) is 12.0 Å². The summed E-state index contributed by atoms with van der Waals surface area (Å²) in [5, 5.41) is 0. The fourth-order valence-corrected chi connectivity index (χ4v) is 2.40. The molecule has 0 saturated heterocycles. The molecule has 3 nitrogen and oxygen atoms in total. The molecule has 2 rings (SSSR count). The van der Waals surface area contributed by atoms with Crippen molar-refractivity contribution < 1.29 is 4.39 Å². The second-order valence-corrected chi connectivity index (χ2v) is 5.59. The first kappa shape index (κ1) is 14.7. The number of halogens is 1. The summed E-state index contributed by atoms with van der Waals surface area (Å²) < 4.78 is 15.6. The lowest BCUT2D eigenvalue weighted by molar-refractivity contribution is 0.482. The average molecular weight is 275 g/mol.